The quantitative estimate of drug-likeness (QED) is 0.756. The van der Waals surface area contributed by atoms with Crippen molar-refractivity contribution < 1.29 is 0 Å². The molecule has 1 aromatic rings. The summed E-state index contributed by atoms with van der Waals surface area (Å²) in [6, 6.07) is 6.32. The number of nitrogens with zero attached hydrogens (tertiary/aromatic N) is 1. The molecule has 15 heavy (non-hydrogen) atoms. The summed E-state index contributed by atoms with van der Waals surface area (Å²) in [5, 5.41) is 0. The Balaban J connectivity index is 2.17. The molecule has 0 unspecified atom stereocenters. The van der Waals surface area contributed by atoms with Gasteiger partial charge in [0, 0.05) is 29.6 Å². The summed E-state index contributed by atoms with van der Waals surface area (Å²) in [6.45, 7) is 1.16. The molecule has 0 heterocycles. The van der Waals surface area contributed by atoms with E-state index in [0.29, 0.717) is 5.88 Å². The molecule has 1 saturated carbocycles. The molecule has 0 amide bonds. The van der Waals surface area contributed by atoms with E-state index in [1.165, 1.54) is 24.1 Å². The Morgan fingerprint density at radius 2 is 2.20 bits per heavy atom. The molecule has 82 valence electrons. The fourth-order valence-electron chi connectivity index (χ4n) is 1.82. The molecule has 0 bridgehead atoms. The van der Waals surface area contributed by atoms with Crippen LogP contribution in [0.3, 0.4) is 0 Å². The summed E-state index contributed by atoms with van der Waals surface area (Å²) >= 11 is 9.43. The van der Waals surface area contributed by atoms with Crippen LogP contribution in [0.4, 0.5) is 5.69 Å². The number of benzene rings is 1. The smallest absolute Gasteiger partial charge is 0.0494 e. The first-order valence-corrected chi connectivity index (χ1v) is 6.59. The Morgan fingerprint density at radius 3 is 2.80 bits per heavy atom. The van der Waals surface area contributed by atoms with Crippen molar-refractivity contribution in [2.75, 3.05) is 18.5 Å². The predicted octanol–water partition coefficient (Wildman–Crippen LogP) is 4.03. The highest BCUT2D eigenvalue weighted by molar-refractivity contribution is 9.10. The number of halogens is 2. The van der Waals surface area contributed by atoms with Crippen LogP contribution < -0.4 is 4.90 Å². The second-order valence-corrected chi connectivity index (χ2v) is 5.41. The van der Waals surface area contributed by atoms with Crippen LogP contribution in [0, 0.1) is 5.92 Å². The van der Waals surface area contributed by atoms with Crippen molar-refractivity contribution in [1.29, 1.82) is 0 Å². The van der Waals surface area contributed by atoms with Crippen molar-refractivity contribution in [3.63, 3.8) is 0 Å². The summed E-state index contributed by atoms with van der Waals surface area (Å²) in [5.74, 6) is 1.48. The Kier molecular flexibility index (Phi) is 3.57. The molecule has 0 aromatic heterocycles. The van der Waals surface area contributed by atoms with Gasteiger partial charge in [0.1, 0.15) is 0 Å². The Bertz CT molecular complexity index is 349. The van der Waals surface area contributed by atoms with Gasteiger partial charge in [-0.1, -0.05) is 15.9 Å². The second kappa shape index (κ2) is 4.75. The van der Waals surface area contributed by atoms with E-state index in [9.17, 15) is 0 Å². The first-order valence-electron chi connectivity index (χ1n) is 5.26. The van der Waals surface area contributed by atoms with E-state index in [1.807, 2.05) is 0 Å². The fourth-order valence-corrected chi connectivity index (χ4v) is 2.44. The van der Waals surface area contributed by atoms with Crippen molar-refractivity contribution in [2.45, 2.75) is 18.7 Å². The standard InChI is InChI=1S/C12H15BrClN/c1-15(8-9-2-3-9)12-5-4-11(13)6-10(12)7-14/h4-6,9H,2-3,7-8H2,1H3. The molecule has 0 radical (unpaired) electrons. The van der Waals surface area contributed by atoms with Crippen LogP contribution >= 0.6 is 27.5 Å². The maximum Gasteiger partial charge on any atom is 0.0494 e. The lowest BCUT2D eigenvalue weighted by Crippen LogP contribution is -2.21. The molecule has 1 aliphatic carbocycles. The van der Waals surface area contributed by atoms with Gasteiger partial charge in [-0.25, -0.2) is 0 Å². The van der Waals surface area contributed by atoms with Gasteiger partial charge >= 0.3 is 0 Å². The van der Waals surface area contributed by atoms with Crippen molar-refractivity contribution in [1.82, 2.24) is 0 Å². The van der Waals surface area contributed by atoms with Gasteiger partial charge in [0.2, 0.25) is 0 Å². The number of alkyl halides is 1. The van der Waals surface area contributed by atoms with Gasteiger partial charge in [-0.3, -0.25) is 0 Å². The third kappa shape index (κ3) is 2.88. The van der Waals surface area contributed by atoms with Gasteiger partial charge in [0.15, 0.2) is 0 Å². The lowest BCUT2D eigenvalue weighted by Gasteiger charge is -2.22. The first kappa shape index (κ1) is 11.3. The molecule has 2 rings (SSSR count). The molecule has 1 aromatic carbocycles. The summed E-state index contributed by atoms with van der Waals surface area (Å²) in [5.41, 5.74) is 2.47. The van der Waals surface area contributed by atoms with Gasteiger partial charge in [0.25, 0.3) is 0 Å². The Morgan fingerprint density at radius 1 is 1.47 bits per heavy atom. The highest BCUT2D eigenvalue weighted by atomic mass is 79.9. The lowest BCUT2D eigenvalue weighted by atomic mass is 10.2. The molecule has 1 aliphatic rings. The van der Waals surface area contributed by atoms with E-state index in [1.54, 1.807) is 0 Å². The monoisotopic (exact) mass is 287 g/mol. The van der Waals surface area contributed by atoms with E-state index >= 15 is 0 Å². The van der Waals surface area contributed by atoms with Gasteiger partial charge in [-0.15, -0.1) is 11.6 Å². The van der Waals surface area contributed by atoms with Gasteiger partial charge in [0.05, 0.1) is 0 Å². The zero-order chi connectivity index (χ0) is 10.8. The van der Waals surface area contributed by atoms with Crippen LogP contribution in [0.2, 0.25) is 0 Å². The largest absolute Gasteiger partial charge is 0.374 e. The molecule has 3 heteroatoms. The van der Waals surface area contributed by atoms with Crippen LogP contribution in [0.5, 0.6) is 0 Å². The lowest BCUT2D eigenvalue weighted by molar-refractivity contribution is 0.785. The predicted molar refractivity (Wildman–Crippen MR) is 69.7 cm³/mol. The molecule has 1 nitrogen and oxygen atoms in total. The third-order valence-electron chi connectivity index (χ3n) is 2.83. The number of hydrogen-bond acceptors (Lipinski definition) is 1. The van der Waals surface area contributed by atoms with Gasteiger partial charge in [-0.05, 0) is 42.5 Å². The number of hydrogen-bond donors (Lipinski definition) is 0. The third-order valence-corrected chi connectivity index (χ3v) is 3.61. The maximum absolute atomic E-state index is 5.95. The molecule has 1 fully saturated rings. The highest BCUT2D eigenvalue weighted by Crippen LogP contribution is 2.32. The molecule has 0 aliphatic heterocycles. The van der Waals surface area contributed by atoms with E-state index in [4.69, 9.17) is 11.6 Å². The van der Waals surface area contributed by atoms with Gasteiger partial charge in [-0.2, -0.15) is 0 Å². The zero-order valence-corrected chi connectivity index (χ0v) is 11.2. The van der Waals surface area contributed by atoms with E-state index in [0.717, 1.165) is 16.9 Å². The van der Waals surface area contributed by atoms with Crippen LogP contribution in [-0.2, 0) is 5.88 Å². The van der Waals surface area contributed by atoms with Crippen LogP contribution in [0.25, 0.3) is 0 Å². The number of anilines is 1. The molecular formula is C12H15BrClN. The van der Waals surface area contributed by atoms with Crippen molar-refractivity contribution in [3.8, 4) is 0 Å². The van der Waals surface area contributed by atoms with E-state index in [-0.39, 0.29) is 0 Å². The Labute approximate surface area is 105 Å². The minimum absolute atomic E-state index is 0.573. The maximum atomic E-state index is 5.95. The molecule has 0 N–H and O–H groups in total. The molecular weight excluding hydrogens is 273 g/mol. The van der Waals surface area contributed by atoms with Crippen LogP contribution in [0.1, 0.15) is 18.4 Å². The molecule has 0 spiro atoms. The average Bonchev–Trinajstić information content (AvgIpc) is 3.01. The molecule has 0 atom stereocenters. The number of rotatable bonds is 4. The summed E-state index contributed by atoms with van der Waals surface area (Å²) in [7, 11) is 2.15. The van der Waals surface area contributed by atoms with Crippen LogP contribution in [0.15, 0.2) is 22.7 Å². The molecule has 0 saturated heterocycles. The van der Waals surface area contributed by atoms with Crippen LogP contribution in [-0.4, -0.2) is 13.6 Å². The zero-order valence-electron chi connectivity index (χ0n) is 8.84. The van der Waals surface area contributed by atoms with E-state index in [2.05, 4.69) is 46.1 Å². The normalized spacial score (nSPS) is 15.4. The fraction of sp³-hybridized carbons (Fsp3) is 0.500. The summed E-state index contributed by atoms with van der Waals surface area (Å²) in [4.78, 5) is 2.32. The van der Waals surface area contributed by atoms with Crippen molar-refractivity contribution in [2.24, 2.45) is 5.92 Å². The summed E-state index contributed by atoms with van der Waals surface area (Å²) < 4.78 is 1.10. The van der Waals surface area contributed by atoms with E-state index < -0.39 is 0 Å². The van der Waals surface area contributed by atoms with Crippen molar-refractivity contribution >= 4 is 33.2 Å². The first-order chi connectivity index (χ1) is 7.20. The summed E-state index contributed by atoms with van der Waals surface area (Å²) in [6.07, 6.45) is 2.77. The Hall–Kier alpha value is -0.210. The minimum atomic E-state index is 0.573. The minimum Gasteiger partial charge on any atom is -0.374 e. The van der Waals surface area contributed by atoms with Gasteiger partial charge < -0.3 is 4.90 Å². The highest BCUT2D eigenvalue weighted by Gasteiger charge is 2.23. The average molecular weight is 289 g/mol. The van der Waals surface area contributed by atoms with Crippen molar-refractivity contribution in [3.05, 3.63) is 28.2 Å². The second-order valence-electron chi connectivity index (χ2n) is 4.23. The topological polar surface area (TPSA) is 3.24 Å². The SMILES string of the molecule is CN(CC1CC1)c1ccc(Br)cc1CCl.